The van der Waals surface area contributed by atoms with Crippen LogP contribution in [-0.4, -0.2) is 177 Å². The molecule has 2 aliphatic rings. The van der Waals surface area contributed by atoms with E-state index in [1.165, 1.54) is 19.1 Å². The molecule has 1 saturated carbocycles. The molecule has 1 fully saturated rings. The number of nitrogens with one attached hydrogen (secondary N) is 1. The van der Waals surface area contributed by atoms with Crippen LogP contribution in [0, 0.1) is 11.6 Å². The van der Waals surface area contributed by atoms with Crippen molar-refractivity contribution in [2.75, 3.05) is 78.8 Å². The highest BCUT2D eigenvalue weighted by Gasteiger charge is 2.53. The molecule has 19 nitrogen and oxygen atoms in total. The summed E-state index contributed by atoms with van der Waals surface area (Å²) in [5, 5.41) is 64.0. The van der Waals surface area contributed by atoms with Gasteiger partial charge in [0.1, 0.15) is 54.4 Å². The SMILES string of the molecule is CN(C[C@H](O)[C@@H](O)[C@H](O)[C@H](O)CO)C(=O)CCOCCOCCOCCOc1ccc(CN2C(=O)C(C(=O)Nc3ccc(C(F)(F)F)cc3-c3cc(C(F)(F)F)ncn3)=C(O)C3(CCCC3)N2C)c(F)c1F. The summed E-state index contributed by atoms with van der Waals surface area (Å²) in [4.78, 5) is 48.3. The minimum absolute atomic E-state index is 0.00680. The third kappa shape index (κ3) is 13.9. The first-order chi connectivity index (χ1) is 33.9. The van der Waals surface area contributed by atoms with Crippen LogP contribution in [0.1, 0.15) is 48.9 Å². The van der Waals surface area contributed by atoms with Gasteiger partial charge in [-0.3, -0.25) is 19.4 Å². The molecule has 0 unspecified atom stereocenters. The number of hydrazine groups is 1. The second-order valence-electron chi connectivity index (χ2n) is 16.7. The van der Waals surface area contributed by atoms with Crippen molar-refractivity contribution in [2.24, 2.45) is 0 Å². The van der Waals surface area contributed by atoms with Crippen LogP contribution >= 0.6 is 0 Å². The summed E-state index contributed by atoms with van der Waals surface area (Å²) in [7, 11) is 2.74. The molecule has 1 aromatic heterocycles. The van der Waals surface area contributed by atoms with Gasteiger partial charge in [0.15, 0.2) is 11.6 Å². The first kappa shape index (κ1) is 57.3. The lowest BCUT2D eigenvalue weighted by Gasteiger charge is -2.48. The zero-order valence-electron chi connectivity index (χ0n) is 38.8. The van der Waals surface area contributed by atoms with E-state index in [0.717, 1.165) is 28.1 Å². The highest BCUT2D eigenvalue weighted by Crippen LogP contribution is 2.45. The van der Waals surface area contributed by atoms with Crippen LogP contribution in [0.15, 0.2) is 54.1 Å². The van der Waals surface area contributed by atoms with E-state index in [0.29, 0.717) is 37.4 Å². The van der Waals surface area contributed by atoms with Gasteiger partial charge in [-0.2, -0.15) is 30.7 Å². The number of halogens is 8. The van der Waals surface area contributed by atoms with Crippen LogP contribution in [0.3, 0.4) is 0 Å². The monoisotopic (exact) mass is 1040 g/mol. The second kappa shape index (κ2) is 24.9. The molecule has 0 saturated heterocycles. The normalized spacial score (nSPS) is 17.0. The van der Waals surface area contributed by atoms with Crippen LogP contribution in [0.2, 0.25) is 0 Å². The lowest BCUT2D eigenvalue weighted by atomic mass is 9.88. The highest BCUT2D eigenvalue weighted by atomic mass is 19.4. The van der Waals surface area contributed by atoms with Crippen molar-refractivity contribution in [3.8, 4) is 17.0 Å². The lowest BCUT2D eigenvalue weighted by Crippen LogP contribution is -2.62. The Hall–Kier alpha value is -5.65. The van der Waals surface area contributed by atoms with E-state index in [4.69, 9.17) is 24.1 Å². The number of ether oxygens (including phenoxy) is 4. The average Bonchev–Trinajstić information content (AvgIpc) is 3.84. The number of aromatic nitrogens is 2. The van der Waals surface area contributed by atoms with Crippen molar-refractivity contribution < 1.29 is 99.1 Å². The van der Waals surface area contributed by atoms with Crippen LogP contribution in [0.5, 0.6) is 5.75 Å². The number of hydrogen-bond donors (Lipinski definition) is 7. The van der Waals surface area contributed by atoms with Gasteiger partial charge < -0.3 is 59.8 Å². The van der Waals surface area contributed by atoms with Crippen LogP contribution in [0.25, 0.3) is 11.3 Å². The fourth-order valence-corrected chi connectivity index (χ4v) is 7.90. The molecule has 3 amide bonds. The summed E-state index contributed by atoms with van der Waals surface area (Å²) in [5.74, 6) is -7.11. The van der Waals surface area contributed by atoms with Gasteiger partial charge in [0.25, 0.3) is 11.8 Å². The number of carbonyl (C=O) groups excluding carboxylic acids is 3. The standard InChI is InChI=1S/C45H54F8N6O13/c1-57(22-30(61)38(64)39(65)31(62)23-60)34(63)9-12-69-13-14-70-15-16-71-17-18-72-32-8-5-25(36(46)37(32)47)21-59-42(68)35(40(66)43(58(59)2)10-3-4-11-43)41(67)56-28-7-6-26(44(48,49)50)19-27(28)29-20-33(45(51,52)53)55-24-54-29/h5-8,19-20,24,30-31,38-39,60-62,64-66H,3-4,9-18,21-23H2,1-2H3,(H,56,67)/t30-,31+,38+,39+/m0/s1. The smallest absolute Gasteiger partial charge is 0.433 e. The highest BCUT2D eigenvalue weighted by molar-refractivity contribution is 6.24. The minimum atomic E-state index is -5.02. The number of anilines is 1. The van der Waals surface area contributed by atoms with Gasteiger partial charge in [0.2, 0.25) is 11.7 Å². The Labute approximate surface area is 406 Å². The van der Waals surface area contributed by atoms with Crippen molar-refractivity contribution in [2.45, 2.75) is 81.0 Å². The number of benzene rings is 2. The zero-order valence-corrected chi connectivity index (χ0v) is 38.8. The number of aliphatic hydroxyl groups is 6. The molecule has 1 aliphatic heterocycles. The first-order valence-corrected chi connectivity index (χ1v) is 22.2. The number of rotatable bonds is 24. The predicted molar refractivity (Wildman–Crippen MR) is 233 cm³/mol. The van der Waals surface area contributed by atoms with E-state index in [1.54, 1.807) is 0 Å². The number of aliphatic hydroxyl groups excluding tert-OH is 6. The van der Waals surface area contributed by atoms with Crippen molar-refractivity contribution in [3.63, 3.8) is 0 Å². The number of alkyl halides is 6. The fraction of sp³-hybridized carbons (Fsp3) is 0.533. The van der Waals surface area contributed by atoms with Crippen molar-refractivity contribution in [1.82, 2.24) is 24.9 Å². The summed E-state index contributed by atoms with van der Waals surface area (Å²) in [6, 6.07) is 4.31. The van der Waals surface area contributed by atoms with Crippen LogP contribution < -0.4 is 10.1 Å². The van der Waals surface area contributed by atoms with E-state index in [2.05, 4.69) is 15.3 Å². The zero-order chi connectivity index (χ0) is 53.1. The van der Waals surface area contributed by atoms with Gasteiger partial charge >= 0.3 is 12.4 Å². The maximum absolute atomic E-state index is 15.7. The summed E-state index contributed by atoms with van der Waals surface area (Å²) in [5.41, 5.74) is -7.34. The Balaban J connectivity index is 1.13. The fourth-order valence-electron chi connectivity index (χ4n) is 7.90. The van der Waals surface area contributed by atoms with E-state index < -0.39 is 130 Å². The molecular formula is C45H54F8N6O13. The number of hydrogen-bond acceptors (Lipinski definition) is 16. The maximum atomic E-state index is 15.7. The Morgan fingerprint density at radius 3 is 2.06 bits per heavy atom. The summed E-state index contributed by atoms with van der Waals surface area (Å²) in [6.45, 7) is -1.83. The number of likely N-dealkylation sites (N-methyl/N-ethyl adjacent to an activating group) is 2. The van der Waals surface area contributed by atoms with Gasteiger partial charge in [-0.15, -0.1) is 0 Å². The molecule has 4 atom stereocenters. The van der Waals surface area contributed by atoms with Gasteiger partial charge in [-0.05, 0) is 43.2 Å². The van der Waals surface area contributed by atoms with Gasteiger partial charge in [0, 0.05) is 31.8 Å². The molecule has 1 spiro atoms. The molecule has 3 aromatic rings. The molecule has 398 valence electrons. The van der Waals surface area contributed by atoms with Gasteiger partial charge in [-0.25, -0.2) is 19.4 Å². The largest absolute Gasteiger partial charge is 0.509 e. The number of carbonyl (C=O) groups is 3. The second-order valence-corrected chi connectivity index (χ2v) is 16.7. The molecule has 5 rings (SSSR count). The third-order valence-corrected chi connectivity index (χ3v) is 11.9. The molecule has 72 heavy (non-hydrogen) atoms. The average molecular weight is 1040 g/mol. The molecule has 0 radical (unpaired) electrons. The Bertz CT molecular complexity index is 2390. The van der Waals surface area contributed by atoms with Gasteiger partial charge in [-0.1, -0.05) is 18.9 Å². The van der Waals surface area contributed by atoms with Crippen molar-refractivity contribution >= 4 is 23.4 Å². The molecule has 7 N–H and O–H groups in total. The maximum Gasteiger partial charge on any atom is 0.433 e. The molecule has 0 bridgehead atoms. The molecule has 2 aromatic carbocycles. The van der Waals surface area contributed by atoms with E-state index in [-0.39, 0.29) is 77.6 Å². The molecule has 2 heterocycles. The Morgan fingerprint density at radius 1 is 0.833 bits per heavy atom. The minimum Gasteiger partial charge on any atom is -0.509 e. The summed E-state index contributed by atoms with van der Waals surface area (Å²) < 4.78 is 135. The topological polar surface area (TPSA) is 257 Å². The molecular weight excluding hydrogens is 985 g/mol. The van der Waals surface area contributed by atoms with Crippen molar-refractivity contribution in [1.29, 1.82) is 0 Å². The summed E-state index contributed by atoms with van der Waals surface area (Å²) >= 11 is 0. The molecule has 27 heteroatoms. The lowest BCUT2D eigenvalue weighted by molar-refractivity contribution is -0.163. The Kier molecular flexibility index (Phi) is 19.8. The number of nitrogens with zero attached hydrogens (tertiary/aromatic N) is 5. The molecule has 1 aliphatic carbocycles. The summed E-state index contributed by atoms with van der Waals surface area (Å²) in [6.07, 6.45) is -15.2. The van der Waals surface area contributed by atoms with Crippen LogP contribution in [0.4, 0.5) is 40.8 Å². The van der Waals surface area contributed by atoms with Gasteiger partial charge in [0.05, 0.1) is 81.7 Å². The quantitative estimate of drug-likeness (QED) is 0.0387. The van der Waals surface area contributed by atoms with E-state index in [1.807, 2.05) is 0 Å². The van der Waals surface area contributed by atoms with E-state index >= 15 is 8.78 Å². The Morgan fingerprint density at radius 2 is 1.44 bits per heavy atom. The van der Waals surface area contributed by atoms with E-state index in [9.17, 15) is 66.3 Å². The van der Waals surface area contributed by atoms with Crippen LogP contribution in [-0.2, 0) is 47.5 Å². The first-order valence-electron chi connectivity index (χ1n) is 22.2. The third-order valence-electron chi connectivity index (χ3n) is 11.9. The predicted octanol–water partition coefficient (Wildman–Crippen LogP) is 3.13. The van der Waals surface area contributed by atoms with Crippen molar-refractivity contribution in [3.05, 3.63) is 82.5 Å². The number of amides is 3.